The summed E-state index contributed by atoms with van der Waals surface area (Å²) in [6.45, 7) is 5.75. The smallest absolute Gasteiger partial charge is 0.328 e. The molecule has 1 amide bonds. The number of hydrogen-bond acceptors (Lipinski definition) is 3. The standard InChI is InChI=1S/C15H20NO3/c1-3-8-13(15(18)19-4-2)16-14(17)11-12-9-6-5-7-10-12/h5-7,9-10,13H,1,3-4,8,11H2,2H3,(H,16,17). The van der Waals surface area contributed by atoms with Crippen molar-refractivity contribution in [1.29, 1.82) is 0 Å². The molecule has 0 heterocycles. The van der Waals surface area contributed by atoms with Crippen LogP contribution in [0.25, 0.3) is 0 Å². The van der Waals surface area contributed by atoms with Crippen LogP contribution < -0.4 is 5.32 Å². The molecule has 1 unspecified atom stereocenters. The van der Waals surface area contributed by atoms with Gasteiger partial charge < -0.3 is 10.1 Å². The fourth-order valence-corrected chi connectivity index (χ4v) is 1.72. The topological polar surface area (TPSA) is 55.4 Å². The van der Waals surface area contributed by atoms with Gasteiger partial charge in [0.25, 0.3) is 0 Å². The summed E-state index contributed by atoms with van der Waals surface area (Å²) in [5.74, 6) is -0.578. The number of esters is 1. The second-order valence-corrected chi connectivity index (χ2v) is 4.18. The predicted molar refractivity (Wildman–Crippen MR) is 73.3 cm³/mol. The molecule has 0 saturated carbocycles. The molecule has 4 heteroatoms. The summed E-state index contributed by atoms with van der Waals surface area (Å²) in [7, 11) is 0. The Hall–Kier alpha value is -1.84. The largest absolute Gasteiger partial charge is 0.464 e. The van der Waals surface area contributed by atoms with Crippen molar-refractivity contribution < 1.29 is 14.3 Å². The minimum absolute atomic E-state index is 0.183. The van der Waals surface area contributed by atoms with Crippen molar-refractivity contribution in [1.82, 2.24) is 5.32 Å². The molecule has 0 saturated heterocycles. The number of carbonyl (C=O) groups excluding carboxylic acids is 2. The second-order valence-electron chi connectivity index (χ2n) is 4.18. The molecule has 1 rings (SSSR count). The highest BCUT2D eigenvalue weighted by Gasteiger charge is 2.20. The fraction of sp³-hybridized carbons (Fsp3) is 0.400. The normalized spacial score (nSPS) is 11.7. The van der Waals surface area contributed by atoms with Gasteiger partial charge in [-0.1, -0.05) is 43.7 Å². The summed E-state index contributed by atoms with van der Waals surface area (Å²) in [5.41, 5.74) is 0.914. The lowest BCUT2D eigenvalue weighted by Gasteiger charge is -2.16. The first-order valence-electron chi connectivity index (χ1n) is 6.46. The quantitative estimate of drug-likeness (QED) is 0.763. The molecule has 1 radical (unpaired) electrons. The van der Waals surface area contributed by atoms with Crippen molar-refractivity contribution in [3.05, 3.63) is 42.8 Å². The molecular weight excluding hydrogens is 242 g/mol. The zero-order valence-corrected chi connectivity index (χ0v) is 11.2. The number of benzene rings is 1. The number of hydrogen-bond donors (Lipinski definition) is 1. The third-order valence-electron chi connectivity index (χ3n) is 2.61. The third kappa shape index (κ3) is 5.55. The summed E-state index contributed by atoms with van der Waals surface area (Å²) < 4.78 is 4.93. The van der Waals surface area contributed by atoms with Crippen molar-refractivity contribution in [3.8, 4) is 0 Å². The lowest BCUT2D eigenvalue weighted by molar-refractivity contribution is -0.147. The van der Waals surface area contributed by atoms with Crippen LogP contribution in [-0.2, 0) is 20.7 Å². The van der Waals surface area contributed by atoms with Crippen LogP contribution >= 0.6 is 0 Å². The van der Waals surface area contributed by atoms with Crippen molar-refractivity contribution in [2.24, 2.45) is 0 Å². The van der Waals surface area contributed by atoms with E-state index in [2.05, 4.69) is 12.2 Å². The number of amides is 1. The average Bonchev–Trinajstić information content (AvgIpc) is 2.39. The van der Waals surface area contributed by atoms with E-state index in [1.165, 1.54) is 0 Å². The van der Waals surface area contributed by atoms with Gasteiger partial charge in [0.2, 0.25) is 5.91 Å². The highest BCUT2D eigenvalue weighted by molar-refractivity contribution is 5.85. The van der Waals surface area contributed by atoms with Gasteiger partial charge in [-0.2, -0.15) is 0 Å². The van der Waals surface area contributed by atoms with Gasteiger partial charge in [-0.05, 0) is 18.9 Å². The molecule has 1 N–H and O–H groups in total. The van der Waals surface area contributed by atoms with Gasteiger partial charge in [0.1, 0.15) is 6.04 Å². The summed E-state index contributed by atoms with van der Waals surface area (Å²) >= 11 is 0. The molecule has 0 bridgehead atoms. The number of nitrogens with one attached hydrogen (secondary N) is 1. The van der Waals surface area contributed by atoms with Gasteiger partial charge in [-0.25, -0.2) is 4.79 Å². The van der Waals surface area contributed by atoms with Crippen LogP contribution in [-0.4, -0.2) is 24.5 Å². The van der Waals surface area contributed by atoms with Gasteiger partial charge in [-0.15, -0.1) is 0 Å². The molecule has 19 heavy (non-hydrogen) atoms. The molecule has 0 aliphatic heterocycles. The average molecular weight is 262 g/mol. The van der Waals surface area contributed by atoms with Gasteiger partial charge in [0, 0.05) is 0 Å². The van der Waals surface area contributed by atoms with Crippen LogP contribution in [0, 0.1) is 6.92 Å². The van der Waals surface area contributed by atoms with Crippen LogP contribution in [0.5, 0.6) is 0 Å². The van der Waals surface area contributed by atoms with Crippen LogP contribution in [0.2, 0.25) is 0 Å². The summed E-state index contributed by atoms with van der Waals surface area (Å²) in [4.78, 5) is 23.5. The summed E-state index contributed by atoms with van der Waals surface area (Å²) in [6.07, 6.45) is 1.31. The predicted octanol–water partition coefficient (Wildman–Crippen LogP) is 1.89. The molecule has 0 fully saturated rings. The second kappa shape index (κ2) is 8.29. The molecule has 103 valence electrons. The fourth-order valence-electron chi connectivity index (χ4n) is 1.72. The number of ether oxygens (including phenoxy) is 1. The Morgan fingerprint density at radius 1 is 1.32 bits per heavy atom. The van der Waals surface area contributed by atoms with Gasteiger partial charge >= 0.3 is 5.97 Å². The molecule has 0 aromatic heterocycles. The van der Waals surface area contributed by atoms with E-state index in [1.54, 1.807) is 6.92 Å². The van der Waals surface area contributed by atoms with E-state index in [-0.39, 0.29) is 12.3 Å². The Morgan fingerprint density at radius 2 is 2.00 bits per heavy atom. The molecule has 1 aromatic rings. The first-order chi connectivity index (χ1) is 9.17. The third-order valence-corrected chi connectivity index (χ3v) is 2.61. The van der Waals surface area contributed by atoms with E-state index < -0.39 is 12.0 Å². The van der Waals surface area contributed by atoms with Gasteiger partial charge in [0.05, 0.1) is 13.0 Å². The maximum Gasteiger partial charge on any atom is 0.328 e. The van der Waals surface area contributed by atoms with E-state index in [0.29, 0.717) is 19.4 Å². The molecule has 0 aliphatic rings. The molecule has 0 aliphatic carbocycles. The van der Waals surface area contributed by atoms with Crippen molar-refractivity contribution in [2.75, 3.05) is 6.61 Å². The van der Waals surface area contributed by atoms with E-state index in [9.17, 15) is 9.59 Å². The zero-order valence-electron chi connectivity index (χ0n) is 11.2. The first kappa shape index (κ1) is 15.2. The lowest BCUT2D eigenvalue weighted by Crippen LogP contribution is -2.42. The Bertz CT molecular complexity index is 403. The SMILES string of the molecule is [CH2]CCC(NC(=O)Cc1ccccc1)C(=O)OCC. The Morgan fingerprint density at radius 3 is 2.58 bits per heavy atom. The monoisotopic (exact) mass is 262 g/mol. The van der Waals surface area contributed by atoms with Crippen LogP contribution in [0.15, 0.2) is 30.3 Å². The molecule has 4 nitrogen and oxygen atoms in total. The molecular formula is C15H20NO3. The molecule has 1 aromatic carbocycles. The number of rotatable bonds is 7. The lowest BCUT2D eigenvalue weighted by atomic mass is 10.1. The van der Waals surface area contributed by atoms with Crippen molar-refractivity contribution in [2.45, 2.75) is 32.2 Å². The highest BCUT2D eigenvalue weighted by Crippen LogP contribution is 2.03. The summed E-state index contributed by atoms with van der Waals surface area (Å²) in [6, 6.07) is 8.79. The van der Waals surface area contributed by atoms with E-state index in [0.717, 1.165) is 5.56 Å². The Balaban J connectivity index is 2.54. The molecule has 0 spiro atoms. The van der Waals surface area contributed by atoms with Crippen molar-refractivity contribution >= 4 is 11.9 Å². The first-order valence-corrected chi connectivity index (χ1v) is 6.46. The maximum atomic E-state index is 11.9. The molecule has 1 atom stereocenters. The maximum absolute atomic E-state index is 11.9. The van der Waals surface area contributed by atoms with Crippen LogP contribution in [0.3, 0.4) is 0 Å². The number of carbonyl (C=O) groups is 2. The van der Waals surface area contributed by atoms with Crippen LogP contribution in [0.1, 0.15) is 25.3 Å². The van der Waals surface area contributed by atoms with E-state index in [4.69, 9.17) is 4.74 Å². The van der Waals surface area contributed by atoms with Gasteiger partial charge in [-0.3, -0.25) is 4.79 Å². The zero-order chi connectivity index (χ0) is 14.1. The van der Waals surface area contributed by atoms with Gasteiger partial charge in [0.15, 0.2) is 0 Å². The van der Waals surface area contributed by atoms with Crippen molar-refractivity contribution in [3.63, 3.8) is 0 Å². The van der Waals surface area contributed by atoms with Crippen LogP contribution in [0.4, 0.5) is 0 Å². The highest BCUT2D eigenvalue weighted by atomic mass is 16.5. The minimum atomic E-state index is -0.603. The van der Waals surface area contributed by atoms with E-state index in [1.807, 2.05) is 30.3 Å². The Kier molecular flexibility index (Phi) is 6.64. The minimum Gasteiger partial charge on any atom is -0.464 e. The van der Waals surface area contributed by atoms with E-state index >= 15 is 0 Å². The summed E-state index contributed by atoms with van der Waals surface area (Å²) in [5, 5.41) is 2.70. The Labute approximate surface area is 114 Å².